The first-order chi connectivity index (χ1) is 23.6. The van der Waals surface area contributed by atoms with Crippen LogP contribution in [0.3, 0.4) is 0 Å². The second-order valence-electron chi connectivity index (χ2n) is 13.4. The number of carbonyl (C=O) groups is 4. The zero-order valence-corrected chi connectivity index (χ0v) is 29.2. The van der Waals surface area contributed by atoms with Crippen molar-refractivity contribution in [1.82, 2.24) is 24.5 Å². The molecule has 1 unspecified atom stereocenters. The van der Waals surface area contributed by atoms with E-state index in [9.17, 15) is 24.3 Å². The lowest BCUT2D eigenvalue weighted by Crippen LogP contribution is -2.56. The molecule has 49 heavy (non-hydrogen) atoms. The Bertz CT molecular complexity index is 1520. The number of aromatic hydroxyl groups is 1. The number of fused-ring (bicyclic) bond motifs is 1. The minimum Gasteiger partial charge on any atom is -0.507 e. The Morgan fingerprint density at radius 1 is 0.878 bits per heavy atom. The number of carboxylic acid groups (broad SMARTS) is 1. The average molecular weight is 742 g/mol. The number of hydrogen-bond donors (Lipinski definition) is 3. The Balaban J connectivity index is 1.05. The molecule has 2 aromatic carbocycles. The number of phenolic OH excluding ortho intramolecular Hbond substituents is 1. The van der Waals surface area contributed by atoms with Crippen LogP contribution in [0.4, 0.5) is 15.3 Å². The molecule has 13 nitrogen and oxygen atoms in total. The van der Waals surface area contributed by atoms with Crippen LogP contribution in [0.15, 0.2) is 46.9 Å². The van der Waals surface area contributed by atoms with E-state index in [0.717, 1.165) is 49.2 Å². The van der Waals surface area contributed by atoms with Gasteiger partial charge in [0.05, 0.1) is 11.0 Å². The van der Waals surface area contributed by atoms with Crippen molar-refractivity contribution in [2.45, 2.75) is 56.7 Å². The third-order valence-electron chi connectivity index (χ3n) is 10.3. The molecule has 0 aliphatic carbocycles. The average Bonchev–Trinajstić information content (AvgIpc) is 3.27. The molecule has 6 rings (SSSR count). The van der Waals surface area contributed by atoms with Crippen LogP contribution in [0.1, 0.15) is 36.8 Å². The normalized spacial score (nSPS) is 20.7. The third kappa shape index (κ3) is 8.65. The predicted molar refractivity (Wildman–Crippen MR) is 185 cm³/mol. The first-order valence-electron chi connectivity index (χ1n) is 17.2. The van der Waals surface area contributed by atoms with Crippen molar-refractivity contribution in [2.75, 3.05) is 70.8 Å². The summed E-state index contributed by atoms with van der Waals surface area (Å²) in [4.78, 5) is 61.3. The second-order valence-corrected chi connectivity index (χ2v) is 14.2. The summed E-state index contributed by atoms with van der Waals surface area (Å²) in [7, 11) is 0. The monoisotopic (exact) mass is 740 g/mol. The molecule has 0 spiro atoms. The largest absolute Gasteiger partial charge is 0.507 e. The Labute approximate surface area is 294 Å². The van der Waals surface area contributed by atoms with Gasteiger partial charge in [-0.25, -0.2) is 9.59 Å². The molecular formula is C35H45BrN6O7. The Morgan fingerprint density at radius 2 is 1.57 bits per heavy atom. The number of para-hydroxylation sites is 1. The first-order valence-corrected chi connectivity index (χ1v) is 18.0. The van der Waals surface area contributed by atoms with E-state index < -0.39 is 18.2 Å². The van der Waals surface area contributed by atoms with Crippen LogP contribution in [0, 0.1) is 0 Å². The van der Waals surface area contributed by atoms with Gasteiger partial charge in [-0.05, 0) is 77.4 Å². The van der Waals surface area contributed by atoms with E-state index >= 15 is 0 Å². The van der Waals surface area contributed by atoms with Crippen LogP contribution in [-0.2, 0) is 27.2 Å². The Morgan fingerprint density at radius 3 is 2.27 bits per heavy atom. The van der Waals surface area contributed by atoms with Gasteiger partial charge in [-0.1, -0.05) is 24.3 Å². The van der Waals surface area contributed by atoms with Crippen molar-refractivity contribution in [3.05, 3.63) is 58.1 Å². The highest BCUT2D eigenvalue weighted by Crippen LogP contribution is 2.28. The molecule has 4 aliphatic heterocycles. The van der Waals surface area contributed by atoms with Gasteiger partial charge >= 0.3 is 18.1 Å². The number of urea groups is 1. The summed E-state index contributed by atoms with van der Waals surface area (Å²) in [5.41, 5.74) is 2.69. The molecule has 3 fully saturated rings. The maximum atomic E-state index is 14.0. The minimum atomic E-state index is -1.04. The number of anilines is 1. The molecule has 0 aromatic heterocycles. The lowest BCUT2D eigenvalue weighted by atomic mass is 10.0. The van der Waals surface area contributed by atoms with Gasteiger partial charge in [0, 0.05) is 83.1 Å². The molecule has 4 aliphatic rings. The van der Waals surface area contributed by atoms with Crippen LogP contribution in [0.5, 0.6) is 5.75 Å². The van der Waals surface area contributed by atoms with Gasteiger partial charge in [0.1, 0.15) is 5.75 Å². The molecule has 3 N–H and O–H groups in total. The predicted octanol–water partition coefficient (Wildman–Crippen LogP) is 3.45. The van der Waals surface area contributed by atoms with Gasteiger partial charge in [0.2, 0.25) is 0 Å². The van der Waals surface area contributed by atoms with Crippen molar-refractivity contribution in [3.63, 3.8) is 0 Å². The lowest BCUT2D eigenvalue weighted by Gasteiger charge is -2.43. The van der Waals surface area contributed by atoms with Crippen LogP contribution in [0.25, 0.3) is 0 Å². The van der Waals surface area contributed by atoms with Crippen molar-refractivity contribution < 1.29 is 34.1 Å². The molecule has 4 heterocycles. The number of nitrogens with zero attached hydrogens (tertiary/aromatic N) is 5. The van der Waals surface area contributed by atoms with E-state index in [1.165, 1.54) is 0 Å². The number of nitrogens with one attached hydrogen (secondary N) is 1. The van der Waals surface area contributed by atoms with Gasteiger partial charge in [-0.2, -0.15) is 0 Å². The van der Waals surface area contributed by atoms with E-state index in [0.29, 0.717) is 69.2 Å². The molecule has 1 atom stereocenters. The van der Waals surface area contributed by atoms with Crippen molar-refractivity contribution >= 4 is 45.6 Å². The molecule has 4 amide bonds. The SMILES string of the molecule is O=C(O)CN1CCC(N2CCN(C(=O)C(Cc3ccc(O)c(Br)c3)OC(=O)N3CCC(N4CCc5ccccc5NC4=O)CC3)CC2)CC1. The number of aliphatic carboxylic acids is 1. The summed E-state index contributed by atoms with van der Waals surface area (Å²) in [5.74, 6) is -0.971. The van der Waals surface area contributed by atoms with Gasteiger partial charge in [0.25, 0.3) is 5.91 Å². The number of hydrogen-bond acceptors (Lipinski definition) is 8. The molecule has 14 heteroatoms. The van der Waals surface area contributed by atoms with E-state index in [4.69, 9.17) is 9.84 Å². The summed E-state index contributed by atoms with van der Waals surface area (Å²) >= 11 is 3.35. The summed E-state index contributed by atoms with van der Waals surface area (Å²) < 4.78 is 6.48. The molecule has 3 saturated heterocycles. The van der Waals surface area contributed by atoms with E-state index in [1.54, 1.807) is 28.0 Å². The molecule has 2 aromatic rings. The van der Waals surface area contributed by atoms with Crippen LogP contribution < -0.4 is 5.32 Å². The minimum absolute atomic E-state index is 0.00848. The number of amides is 4. The van der Waals surface area contributed by atoms with Crippen molar-refractivity contribution in [3.8, 4) is 5.75 Å². The van der Waals surface area contributed by atoms with Gasteiger partial charge in [-0.15, -0.1) is 0 Å². The molecular weight excluding hydrogens is 696 g/mol. The Hall–Kier alpha value is -3.88. The van der Waals surface area contributed by atoms with Gasteiger partial charge < -0.3 is 35.0 Å². The van der Waals surface area contributed by atoms with Crippen LogP contribution in [-0.4, -0.2) is 142 Å². The fraction of sp³-hybridized carbons (Fsp3) is 0.543. The number of ether oxygens (including phenoxy) is 1. The van der Waals surface area contributed by atoms with Crippen LogP contribution >= 0.6 is 15.9 Å². The maximum absolute atomic E-state index is 14.0. The second kappa shape index (κ2) is 15.8. The van der Waals surface area contributed by atoms with Gasteiger partial charge in [-0.3, -0.25) is 19.4 Å². The highest BCUT2D eigenvalue weighted by Gasteiger charge is 2.36. The number of rotatable bonds is 8. The number of likely N-dealkylation sites (tertiary alicyclic amines) is 2. The first kappa shape index (κ1) is 35.0. The quantitative estimate of drug-likeness (QED) is 0.371. The Kier molecular flexibility index (Phi) is 11.3. The molecule has 0 bridgehead atoms. The van der Waals surface area contributed by atoms with Gasteiger partial charge in [0.15, 0.2) is 6.10 Å². The third-order valence-corrected chi connectivity index (χ3v) is 11.0. The topological polar surface area (TPSA) is 146 Å². The fourth-order valence-electron chi connectivity index (χ4n) is 7.51. The number of carboxylic acids is 1. The standard InChI is InChI=1S/C35H45BrN6O7/c36-28-21-24(5-6-30(28)43)22-31(33(46)40-19-17-39(18-20-40)26-8-12-38(13-9-26)23-32(44)45)49-35(48)41-14-10-27(11-15-41)42-16-7-25-3-1-2-4-29(25)37-34(42)47/h1-6,21,26-27,31,43H,7-20,22-23H2,(H,37,47)(H,44,45). The molecule has 0 saturated carbocycles. The van der Waals surface area contributed by atoms with E-state index in [-0.39, 0.29) is 36.7 Å². The number of halogens is 1. The molecule has 264 valence electrons. The molecule has 0 radical (unpaired) electrons. The maximum Gasteiger partial charge on any atom is 0.410 e. The summed E-state index contributed by atoms with van der Waals surface area (Å²) in [5, 5.41) is 22.1. The summed E-state index contributed by atoms with van der Waals surface area (Å²) in [6.07, 6.45) is 2.34. The smallest absolute Gasteiger partial charge is 0.410 e. The highest BCUT2D eigenvalue weighted by molar-refractivity contribution is 9.10. The summed E-state index contributed by atoms with van der Waals surface area (Å²) in [6, 6.07) is 13.0. The van der Waals surface area contributed by atoms with E-state index in [2.05, 4.69) is 26.1 Å². The van der Waals surface area contributed by atoms with Crippen molar-refractivity contribution in [2.24, 2.45) is 0 Å². The number of carbonyl (C=O) groups excluding carboxylic acids is 3. The fourth-order valence-corrected chi connectivity index (χ4v) is 7.94. The summed E-state index contributed by atoms with van der Waals surface area (Å²) in [6.45, 7) is 5.39. The zero-order valence-electron chi connectivity index (χ0n) is 27.6. The van der Waals surface area contributed by atoms with Crippen molar-refractivity contribution in [1.29, 1.82) is 0 Å². The van der Waals surface area contributed by atoms with Crippen LogP contribution in [0.2, 0.25) is 0 Å². The van der Waals surface area contributed by atoms with E-state index in [1.807, 2.05) is 34.1 Å². The highest BCUT2D eigenvalue weighted by atomic mass is 79.9. The lowest BCUT2D eigenvalue weighted by molar-refractivity contribution is -0.143. The number of piperidine rings is 2. The number of benzene rings is 2. The zero-order chi connectivity index (χ0) is 34.5. The number of piperazine rings is 1. The number of phenols is 1.